The monoisotopic (exact) mass is 815 g/mol. The molecule has 0 saturated carbocycles. The number of nitrogens with one attached hydrogen (secondary N) is 2. The maximum absolute atomic E-state index is 13.9. The van der Waals surface area contributed by atoms with Gasteiger partial charge in [-0.05, 0) is 26.2 Å². The van der Waals surface area contributed by atoms with Crippen molar-refractivity contribution in [3.05, 3.63) is 0 Å². The number of aliphatic hydroxyl groups is 3. The van der Waals surface area contributed by atoms with E-state index in [1.807, 2.05) is 0 Å². The lowest BCUT2D eigenvalue weighted by Crippen LogP contribution is -2.55. The molecule has 0 unspecified atom stereocenters. The second kappa shape index (κ2) is 33.5. The van der Waals surface area contributed by atoms with Gasteiger partial charge in [-0.1, -0.05) is 168 Å². The fraction of sp³-hybridized carbons (Fsp3) is 0.909. The van der Waals surface area contributed by atoms with Crippen molar-refractivity contribution in [3.63, 3.8) is 0 Å². The van der Waals surface area contributed by atoms with Crippen LogP contribution in [0.1, 0.15) is 201 Å². The number of carbonyl (C=O) groups excluding carboxylic acids is 2. The Bertz CT molecular complexity index is 1030. The van der Waals surface area contributed by atoms with Gasteiger partial charge in [0.05, 0.1) is 12.7 Å². The Morgan fingerprint density at radius 2 is 0.982 bits per heavy atom. The molecule has 57 heavy (non-hydrogen) atoms. The summed E-state index contributed by atoms with van der Waals surface area (Å²) in [6.45, 7) is 5.31. The number of hydrogen-bond donors (Lipinski definition) is 7. The largest absolute Gasteiger partial charge is 0.481 e. The lowest BCUT2D eigenvalue weighted by Gasteiger charge is -2.25. The van der Waals surface area contributed by atoms with E-state index in [0.29, 0.717) is 12.8 Å². The number of carbonyl (C=O) groups is 4. The molecule has 0 bridgehead atoms. The van der Waals surface area contributed by atoms with E-state index in [-0.39, 0.29) is 18.2 Å². The first kappa shape index (κ1) is 52.7. The van der Waals surface area contributed by atoms with Crippen LogP contribution in [0.3, 0.4) is 0 Å². The van der Waals surface area contributed by atoms with E-state index in [2.05, 4.69) is 24.5 Å². The number of rotatable bonds is 38. The van der Waals surface area contributed by atoms with Crippen LogP contribution in [0, 0.1) is 5.92 Å². The normalized spacial score (nSPS) is 19.7. The molecule has 0 aromatic rings. The molecule has 0 aliphatic carbocycles. The summed E-state index contributed by atoms with van der Waals surface area (Å²) < 4.78 is 11.2. The maximum Gasteiger partial charge on any atom is 0.326 e. The van der Waals surface area contributed by atoms with Crippen molar-refractivity contribution in [1.82, 2.24) is 10.6 Å². The summed E-state index contributed by atoms with van der Waals surface area (Å²) in [7, 11) is 0. The van der Waals surface area contributed by atoms with E-state index in [9.17, 15) is 39.6 Å². The van der Waals surface area contributed by atoms with Crippen molar-refractivity contribution in [2.24, 2.45) is 5.92 Å². The van der Waals surface area contributed by atoms with Gasteiger partial charge in [-0.25, -0.2) is 4.79 Å². The fourth-order valence-electron chi connectivity index (χ4n) is 7.54. The molecule has 13 heteroatoms. The van der Waals surface area contributed by atoms with Gasteiger partial charge in [-0.15, -0.1) is 0 Å². The predicted molar refractivity (Wildman–Crippen MR) is 222 cm³/mol. The number of aliphatic carboxylic acids is 2. The molecule has 13 nitrogen and oxygen atoms in total. The van der Waals surface area contributed by atoms with Crippen molar-refractivity contribution in [1.29, 1.82) is 0 Å². The number of unbranched alkanes of at least 4 members (excludes halogenated alkanes) is 22. The zero-order valence-electron chi connectivity index (χ0n) is 35.8. The molecule has 0 spiro atoms. The summed E-state index contributed by atoms with van der Waals surface area (Å²) in [5.41, 5.74) is 0. The van der Waals surface area contributed by atoms with Crippen LogP contribution in [0.5, 0.6) is 0 Å². The van der Waals surface area contributed by atoms with Gasteiger partial charge < -0.3 is 45.6 Å². The minimum atomic E-state index is -1.55. The van der Waals surface area contributed by atoms with Crippen LogP contribution in [0.25, 0.3) is 0 Å². The third-order valence-corrected chi connectivity index (χ3v) is 11.2. The van der Waals surface area contributed by atoms with Crippen molar-refractivity contribution in [2.45, 2.75) is 243 Å². The van der Waals surface area contributed by atoms with Crippen LogP contribution < -0.4 is 10.6 Å². The summed E-state index contributed by atoms with van der Waals surface area (Å²) in [4.78, 5) is 50.5. The van der Waals surface area contributed by atoms with E-state index >= 15 is 0 Å². The van der Waals surface area contributed by atoms with Crippen molar-refractivity contribution in [3.8, 4) is 0 Å². The van der Waals surface area contributed by atoms with Crippen molar-refractivity contribution >= 4 is 23.8 Å². The van der Waals surface area contributed by atoms with Gasteiger partial charge in [0.1, 0.15) is 30.4 Å². The first-order valence-corrected chi connectivity index (χ1v) is 22.8. The molecule has 1 fully saturated rings. The lowest BCUT2D eigenvalue weighted by molar-refractivity contribution is -0.181. The third-order valence-electron chi connectivity index (χ3n) is 11.2. The predicted octanol–water partition coefficient (Wildman–Crippen LogP) is 7.55. The molecule has 0 radical (unpaired) electrons. The van der Waals surface area contributed by atoms with E-state index in [4.69, 9.17) is 14.6 Å². The van der Waals surface area contributed by atoms with Crippen LogP contribution in [0.4, 0.5) is 0 Å². The molecule has 1 aliphatic rings. The van der Waals surface area contributed by atoms with E-state index in [1.165, 1.54) is 110 Å². The average molecular weight is 815 g/mol. The first-order valence-electron chi connectivity index (χ1n) is 22.8. The number of aliphatic hydroxyl groups excluding tert-OH is 3. The van der Waals surface area contributed by atoms with E-state index in [0.717, 1.165) is 51.4 Å². The number of hydrogen-bond acceptors (Lipinski definition) is 9. The molecule has 2 amide bonds. The van der Waals surface area contributed by atoms with E-state index in [1.54, 1.807) is 0 Å². The number of ether oxygens (including phenoxy) is 2. The van der Waals surface area contributed by atoms with Crippen LogP contribution >= 0.6 is 0 Å². The lowest BCUT2D eigenvalue weighted by atomic mass is 9.93. The summed E-state index contributed by atoms with van der Waals surface area (Å²) in [6, 6.07) is -2.94. The summed E-state index contributed by atoms with van der Waals surface area (Å²) in [5, 5.41) is 54.6. The minimum Gasteiger partial charge on any atom is -0.481 e. The molecule has 1 aliphatic heterocycles. The van der Waals surface area contributed by atoms with Crippen LogP contribution in [-0.2, 0) is 28.7 Å². The Kier molecular flexibility index (Phi) is 31.0. The summed E-state index contributed by atoms with van der Waals surface area (Å²) in [6.07, 6.45) is 22.5. The fourth-order valence-corrected chi connectivity index (χ4v) is 7.54. The van der Waals surface area contributed by atoms with Gasteiger partial charge in [0, 0.05) is 12.3 Å². The second-order valence-electron chi connectivity index (χ2n) is 16.5. The molecular weight excluding hydrogens is 732 g/mol. The SMILES string of the molecule is CCCCCCCCCCCCCCC(CCCCCCCCCCCCCC)C(=O)N[C@H](CO[C@@H]1O[C@H]([C@H](C)O)[C@@H](O)[C@@H]1O)C(=O)N[C@@H](CCC(=O)O)C(=O)O. The molecular formula is C44H82N2O11. The zero-order chi connectivity index (χ0) is 42.3. The Labute approximate surface area is 343 Å². The highest BCUT2D eigenvalue weighted by atomic mass is 16.7. The highest BCUT2D eigenvalue weighted by molar-refractivity contribution is 5.91. The van der Waals surface area contributed by atoms with Crippen LogP contribution in [0.15, 0.2) is 0 Å². The first-order chi connectivity index (χ1) is 27.4. The molecule has 1 heterocycles. The molecule has 0 aromatic heterocycles. The number of amides is 2. The van der Waals surface area contributed by atoms with Gasteiger partial charge in [0.25, 0.3) is 0 Å². The average Bonchev–Trinajstić information content (AvgIpc) is 3.46. The quantitative estimate of drug-likeness (QED) is 0.0303. The Balaban J connectivity index is 2.88. The Morgan fingerprint density at radius 1 is 0.579 bits per heavy atom. The summed E-state index contributed by atoms with van der Waals surface area (Å²) in [5.74, 6) is -4.29. The molecule has 334 valence electrons. The third kappa shape index (κ3) is 25.0. The highest BCUT2D eigenvalue weighted by Crippen LogP contribution is 2.25. The minimum absolute atomic E-state index is 0.364. The zero-order valence-corrected chi connectivity index (χ0v) is 35.8. The number of carboxylic acids is 2. The van der Waals surface area contributed by atoms with Gasteiger partial charge in [-0.2, -0.15) is 0 Å². The number of carboxylic acid groups (broad SMARTS) is 2. The van der Waals surface area contributed by atoms with Crippen LogP contribution in [0.2, 0.25) is 0 Å². The smallest absolute Gasteiger partial charge is 0.326 e. The topological polar surface area (TPSA) is 212 Å². The Morgan fingerprint density at radius 3 is 1.35 bits per heavy atom. The Hall–Kier alpha value is -2.32. The van der Waals surface area contributed by atoms with Gasteiger partial charge in [-0.3, -0.25) is 14.4 Å². The van der Waals surface area contributed by atoms with Crippen LogP contribution in [-0.4, -0.2) is 98.7 Å². The second-order valence-corrected chi connectivity index (χ2v) is 16.5. The highest BCUT2D eigenvalue weighted by Gasteiger charge is 2.46. The van der Waals surface area contributed by atoms with Gasteiger partial charge in [0.15, 0.2) is 6.29 Å². The summed E-state index contributed by atoms with van der Waals surface area (Å²) >= 11 is 0. The molecule has 0 aromatic carbocycles. The van der Waals surface area contributed by atoms with Crippen molar-refractivity contribution in [2.75, 3.05) is 6.61 Å². The van der Waals surface area contributed by atoms with Crippen molar-refractivity contribution < 1.29 is 54.2 Å². The molecule has 7 N–H and O–H groups in total. The van der Waals surface area contributed by atoms with E-state index < -0.39 is 73.7 Å². The van der Waals surface area contributed by atoms with Gasteiger partial charge in [0.2, 0.25) is 11.8 Å². The standard InChI is InChI=1S/C44H82N2O11/c1-4-6-8-10-12-14-16-18-20-22-24-26-28-34(29-27-25-23-21-19-17-15-13-11-9-7-5-2)41(52)46-36(42(53)45-35(43(54)55)30-31-37(48)49)32-56-44-39(51)38(50)40(57-44)33(3)47/h33-36,38-40,44,47,50-51H,4-32H2,1-3H3,(H,45,53)(H,46,52)(H,48,49)(H,54,55)/t33-,35-,36+,38-,39-,40+,44+/m0/s1. The molecule has 1 saturated heterocycles. The molecule has 1 rings (SSSR count). The van der Waals surface area contributed by atoms with Gasteiger partial charge >= 0.3 is 11.9 Å². The molecule has 7 atom stereocenters. The maximum atomic E-state index is 13.9.